The molecule has 1 N–H and O–H groups in total. The van der Waals surface area contributed by atoms with Crippen molar-refractivity contribution in [3.05, 3.63) is 42.0 Å². The van der Waals surface area contributed by atoms with E-state index in [0.717, 1.165) is 24.3 Å². The van der Waals surface area contributed by atoms with Crippen molar-refractivity contribution in [1.29, 1.82) is 0 Å². The number of rotatable bonds is 6. The highest BCUT2D eigenvalue weighted by Crippen LogP contribution is 2.38. The molecule has 1 aromatic rings. The molecule has 0 radical (unpaired) electrons. The van der Waals surface area contributed by atoms with Crippen LogP contribution in [0.2, 0.25) is 0 Å². The first-order chi connectivity index (χ1) is 12.1. The molecule has 0 saturated heterocycles. The number of halogens is 5. The largest absolute Gasteiger partial charge is 0.441 e. The van der Waals surface area contributed by atoms with Crippen molar-refractivity contribution in [2.75, 3.05) is 0 Å². The molecule has 0 aliphatic carbocycles. The SMILES string of the molecule is C=C(C)C(=O)Oc1ccc(C(=O)OC(C(F)(F)F)C(F)(F)S(=O)(=O)O)cc1. The average Bonchev–Trinajstić information content (AvgIpc) is 2.50. The Kier molecular flexibility index (Phi) is 6.33. The van der Waals surface area contributed by atoms with Gasteiger partial charge in [0.05, 0.1) is 5.56 Å². The summed E-state index contributed by atoms with van der Waals surface area (Å²) in [6.45, 7) is 4.63. The molecule has 0 aliphatic rings. The van der Waals surface area contributed by atoms with Crippen LogP contribution >= 0.6 is 0 Å². The standard InChI is InChI=1S/C14H11F5O7S/c1-7(2)10(20)25-9-5-3-8(4-6-9)11(21)26-12(13(15,16)17)14(18,19)27(22,23)24/h3-6,12H,1H2,2H3,(H,22,23,24). The molecule has 0 aliphatic heterocycles. The zero-order chi connectivity index (χ0) is 21.2. The van der Waals surface area contributed by atoms with E-state index in [0.29, 0.717) is 0 Å². The molecule has 0 saturated carbocycles. The van der Waals surface area contributed by atoms with Crippen LogP contribution in [0.15, 0.2) is 36.4 Å². The van der Waals surface area contributed by atoms with Crippen molar-refractivity contribution < 1.29 is 54.0 Å². The second-order valence-corrected chi connectivity index (χ2v) is 6.55. The van der Waals surface area contributed by atoms with Gasteiger partial charge in [0.1, 0.15) is 5.75 Å². The van der Waals surface area contributed by atoms with Crippen molar-refractivity contribution in [3.8, 4) is 5.75 Å². The van der Waals surface area contributed by atoms with Gasteiger partial charge in [0, 0.05) is 5.57 Å². The van der Waals surface area contributed by atoms with Gasteiger partial charge in [-0.2, -0.15) is 30.4 Å². The fourth-order valence-electron chi connectivity index (χ4n) is 1.49. The molecule has 13 heteroatoms. The van der Waals surface area contributed by atoms with Gasteiger partial charge in [-0.25, -0.2) is 9.59 Å². The Balaban J connectivity index is 3.07. The zero-order valence-corrected chi connectivity index (χ0v) is 14.1. The quantitative estimate of drug-likeness (QED) is 0.249. The van der Waals surface area contributed by atoms with Gasteiger partial charge >= 0.3 is 33.5 Å². The van der Waals surface area contributed by atoms with Gasteiger partial charge in [-0.1, -0.05) is 6.58 Å². The minimum atomic E-state index is -6.54. The summed E-state index contributed by atoms with van der Waals surface area (Å²) in [5.74, 6) is -2.94. The first-order valence-electron chi connectivity index (χ1n) is 6.67. The van der Waals surface area contributed by atoms with E-state index in [9.17, 15) is 40.0 Å². The predicted molar refractivity (Wildman–Crippen MR) is 78.6 cm³/mol. The van der Waals surface area contributed by atoms with Crippen molar-refractivity contribution in [2.45, 2.75) is 24.5 Å². The molecule has 0 fully saturated rings. The van der Waals surface area contributed by atoms with Crippen molar-refractivity contribution in [2.24, 2.45) is 0 Å². The maximum atomic E-state index is 13.3. The van der Waals surface area contributed by atoms with Crippen molar-refractivity contribution in [3.63, 3.8) is 0 Å². The lowest BCUT2D eigenvalue weighted by Crippen LogP contribution is -2.52. The summed E-state index contributed by atoms with van der Waals surface area (Å²) in [6, 6.07) is 3.45. The Bertz CT molecular complexity index is 844. The van der Waals surface area contributed by atoms with Gasteiger partial charge in [0.2, 0.25) is 0 Å². The molecule has 150 valence electrons. The van der Waals surface area contributed by atoms with E-state index in [1.54, 1.807) is 0 Å². The average molecular weight is 418 g/mol. The van der Waals surface area contributed by atoms with Crippen LogP contribution in [-0.4, -0.2) is 42.4 Å². The first-order valence-corrected chi connectivity index (χ1v) is 8.11. The number of benzene rings is 1. The zero-order valence-electron chi connectivity index (χ0n) is 13.3. The number of hydrogen-bond donors (Lipinski definition) is 1. The van der Waals surface area contributed by atoms with Crippen LogP contribution in [0.3, 0.4) is 0 Å². The minimum absolute atomic E-state index is 0.0268. The van der Waals surface area contributed by atoms with E-state index >= 15 is 0 Å². The third-order valence-corrected chi connectivity index (χ3v) is 3.72. The summed E-state index contributed by atoms with van der Waals surface area (Å²) in [4.78, 5) is 23.0. The van der Waals surface area contributed by atoms with Crippen molar-refractivity contribution >= 4 is 22.1 Å². The monoisotopic (exact) mass is 418 g/mol. The molecular weight excluding hydrogens is 407 g/mol. The van der Waals surface area contributed by atoms with Gasteiger partial charge in [-0.15, -0.1) is 0 Å². The van der Waals surface area contributed by atoms with Crippen molar-refractivity contribution in [1.82, 2.24) is 0 Å². The molecule has 1 atom stereocenters. The molecule has 0 aromatic heterocycles. The highest BCUT2D eigenvalue weighted by atomic mass is 32.2. The molecule has 27 heavy (non-hydrogen) atoms. The lowest BCUT2D eigenvalue weighted by atomic mass is 10.2. The predicted octanol–water partition coefficient (Wildman–Crippen LogP) is 2.74. The second-order valence-electron chi connectivity index (χ2n) is 5.06. The van der Waals surface area contributed by atoms with E-state index in [2.05, 4.69) is 11.3 Å². The summed E-state index contributed by atoms with van der Waals surface area (Å²) in [7, 11) is -6.54. The lowest BCUT2D eigenvalue weighted by molar-refractivity contribution is -0.248. The van der Waals surface area contributed by atoms with Crippen LogP contribution in [0.1, 0.15) is 17.3 Å². The van der Waals surface area contributed by atoms with Crippen LogP contribution in [0.4, 0.5) is 22.0 Å². The Morgan fingerprint density at radius 1 is 1.11 bits per heavy atom. The topological polar surface area (TPSA) is 107 Å². The smallest absolute Gasteiger partial charge is 0.432 e. The van der Waals surface area contributed by atoms with Gasteiger partial charge in [-0.3, -0.25) is 4.55 Å². The molecule has 1 aromatic carbocycles. The number of ether oxygens (including phenoxy) is 2. The summed E-state index contributed by atoms with van der Waals surface area (Å²) in [5.41, 5.74) is -0.663. The maximum absolute atomic E-state index is 13.3. The number of alkyl halides is 5. The summed E-state index contributed by atoms with van der Waals surface area (Å²) in [6.07, 6.45) is -10.5. The Labute approximate surface area is 149 Å². The van der Waals surface area contributed by atoms with Crippen LogP contribution in [-0.2, 0) is 19.6 Å². The molecule has 7 nitrogen and oxygen atoms in total. The van der Waals surface area contributed by atoms with Crippen LogP contribution in [0, 0.1) is 0 Å². The van der Waals surface area contributed by atoms with E-state index in [1.807, 2.05) is 0 Å². The van der Waals surface area contributed by atoms with E-state index in [1.165, 1.54) is 6.92 Å². The molecular formula is C14H11F5O7S. The second kappa shape index (κ2) is 7.60. The van der Waals surface area contributed by atoms with Gasteiger partial charge < -0.3 is 9.47 Å². The van der Waals surface area contributed by atoms with Crippen LogP contribution in [0.25, 0.3) is 0 Å². The van der Waals surface area contributed by atoms with E-state index < -0.39 is 45.2 Å². The van der Waals surface area contributed by atoms with E-state index in [4.69, 9.17) is 9.29 Å². The van der Waals surface area contributed by atoms with Crippen LogP contribution in [0.5, 0.6) is 5.75 Å². The molecule has 0 amide bonds. The minimum Gasteiger partial charge on any atom is -0.441 e. The normalized spacial score (nSPS) is 13.6. The maximum Gasteiger partial charge on any atom is 0.432 e. The highest BCUT2D eigenvalue weighted by Gasteiger charge is 2.66. The molecule has 0 spiro atoms. The highest BCUT2D eigenvalue weighted by molar-refractivity contribution is 7.86. The molecule has 1 unspecified atom stereocenters. The fraction of sp³-hybridized carbons (Fsp3) is 0.286. The van der Waals surface area contributed by atoms with E-state index in [-0.39, 0.29) is 11.3 Å². The Hall–Kier alpha value is -2.54. The molecule has 0 bridgehead atoms. The van der Waals surface area contributed by atoms with Crippen LogP contribution < -0.4 is 4.74 Å². The number of esters is 2. The van der Waals surface area contributed by atoms with Gasteiger partial charge in [0.25, 0.3) is 6.10 Å². The molecule has 1 rings (SSSR count). The molecule has 0 heterocycles. The third kappa shape index (κ3) is 5.47. The summed E-state index contributed by atoms with van der Waals surface area (Å²) in [5, 5.41) is -5.84. The first kappa shape index (κ1) is 22.5. The number of carbonyl (C=O) groups is 2. The summed E-state index contributed by atoms with van der Waals surface area (Å²) >= 11 is 0. The Morgan fingerprint density at radius 3 is 1.96 bits per heavy atom. The third-order valence-electron chi connectivity index (χ3n) is 2.82. The van der Waals surface area contributed by atoms with Gasteiger partial charge in [0.15, 0.2) is 0 Å². The Morgan fingerprint density at radius 2 is 1.59 bits per heavy atom. The number of carbonyl (C=O) groups excluding carboxylic acids is 2. The summed E-state index contributed by atoms with van der Waals surface area (Å²) < 4.78 is 102. The lowest BCUT2D eigenvalue weighted by Gasteiger charge is -2.26. The number of hydrogen-bond acceptors (Lipinski definition) is 6. The fourth-order valence-corrected chi connectivity index (χ4v) is 1.94. The van der Waals surface area contributed by atoms with Gasteiger partial charge in [-0.05, 0) is 31.2 Å².